The second-order valence-electron chi connectivity index (χ2n) is 3.90. The minimum Gasteiger partial charge on any atom is -0.495 e. The van der Waals surface area contributed by atoms with E-state index >= 15 is 0 Å². The number of anilines is 1. The van der Waals surface area contributed by atoms with Crippen LogP contribution in [0.4, 0.5) is 5.69 Å². The normalized spacial score (nSPS) is 17.6. The average molecular weight is 256 g/mol. The van der Waals surface area contributed by atoms with Gasteiger partial charge in [0.05, 0.1) is 23.4 Å². The van der Waals surface area contributed by atoms with Crippen LogP contribution < -0.4 is 15.4 Å². The molecule has 1 aromatic carbocycles. The van der Waals surface area contributed by atoms with Crippen molar-refractivity contribution in [2.45, 2.75) is 4.90 Å². The molecule has 1 aliphatic rings. The Bertz CT molecular complexity index is 513. The fourth-order valence-corrected chi connectivity index (χ4v) is 3.55. The van der Waals surface area contributed by atoms with Crippen LogP contribution in [0.15, 0.2) is 23.1 Å². The predicted octanol–water partition coefficient (Wildman–Crippen LogP) is 0.248. The molecule has 17 heavy (non-hydrogen) atoms. The topological polar surface area (TPSA) is 72.6 Å². The van der Waals surface area contributed by atoms with E-state index in [1.54, 1.807) is 18.2 Å². The Balaban J connectivity index is 2.60. The summed E-state index contributed by atoms with van der Waals surface area (Å²) < 4.78 is 29.2. The fraction of sp³-hybridized carbons (Fsp3) is 0.455. The minimum atomic E-state index is -3.19. The van der Waals surface area contributed by atoms with Gasteiger partial charge in [0.15, 0.2) is 9.84 Å². The fourth-order valence-electron chi connectivity index (χ4n) is 2.06. The Hall–Kier alpha value is -1.27. The van der Waals surface area contributed by atoms with Crippen LogP contribution in [0.1, 0.15) is 0 Å². The molecule has 1 heterocycles. The van der Waals surface area contributed by atoms with Gasteiger partial charge in [-0.3, -0.25) is 0 Å². The van der Waals surface area contributed by atoms with E-state index in [1.165, 1.54) is 7.11 Å². The summed E-state index contributed by atoms with van der Waals surface area (Å²) in [4.78, 5) is 2.31. The number of sulfone groups is 1. The Kier molecular flexibility index (Phi) is 3.26. The van der Waals surface area contributed by atoms with E-state index in [1.807, 2.05) is 4.90 Å². The van der Waals surface area contributed by atoms with Gasteiger partial charge in [-0.25, -0.2) is 8.42 Å². The van der Waals surface area contributed by atoms with Crippen molar-refractivity contribution in [3.8, 4) is 5.75 Å². The van der Waals surface area contributed by atoms with Crippen molar-refractivity contribution in [3.63, 3.8) is 0 Å². The van der Waals surface area contributed by atoms with Crippen LogP contribution >= 0.6 is 0 Å². The Labute approximate surface area is 101 Å². The lowest BCUT2D eigenvalue weighted by atomic mass is 10.2. The molecule has 1 aromatic rings. The third-order valence-corrected chi connectivity index (χ3v) is 4.58. The van der Waals surface area contributed by atoms with Gasteiger partial charge in [-0.05, 0) is 12.1 Å². The molecule has 0 unspecified atom stereocenters. The van der Waals surface area contributed by atoms with E-state index in [2.05, 4.69) is 0 Å². The van der Waals surface area contributed by atoms with Crippen LogP contribution in [0.25, 0.3) is 0 Å². The molecule has 6 heteroatoms. The summed E-state index contributed by atoms with van der Waals surface area (Å²) in [5, 5.41) is 0. The maximum absolute atomic E-state index is 12.0. The van der Waals surface area contributed by atoms with Gasteiger partial charge >= 0.3 is 0 Å². The molecule has 5 nitrogen and oxygen atoms in total. The highest BCUT2D eigenvalue weighted by Gasteiger charge is 2.30. The standard InChI is InChI=1S/C11H16N2O3S/c1-16-9-3-2-4-10-11(9)13(6-5-12)7-8-17(10,14)15/h2-4H,5-8,12H2,1H3. The number of benzene rings is 1. The van der Waals surface area contributed by atoms with E-state index in [-0.39, 0.29) is 5.75 Å². The smallest absolute Gasteiger partial charge is 0.182 e. The van der Waals surface area contributed by atoms with Gasteiger partial charge < -0.3 is 15.4 Å². The van der Waals surface area contributed by atoms with Crippen molar-refractivity contribution in [2.24, 2.45) is 5.73 Å². The van der Waals surface area contributed by atoms with Crippen molar-refractivity contribution in [1.82, 2.24) is 0 Å². The lowest BCUT2D eigenvalue weighted by molar-refractivity contribution is 0.412. The summed E-state index contributed by atoms with van der Waals surface area (Å²) in [5.74, 6) is 0.715. The van der Waals surface area contributed by atoms with Gasteiger partial charge in [-0.1, -0.05) is 6.07 Å². The van der Waals surface area contributed by atoms with E-state index < -0.39 is 9.84 Å². The first-order chi connectivity index (χ1) is 8.10. The van der Waals surface area contributed by atoms with Crippen LogP contribution in [0.2, 0.25) is 0 Å². The summed E-state index contributed by atoms with van der Waals surface area (Å²) in [7, 11) is -1.65. The molecule has 2 N–H and O–H groups in total. The van der Waals surface area contributed by atoms with Gasteiger partial charge in [0.2, 0.25) is 0 Å². The van der Waals surface area contributed by atoms with E-state index in [0.717, 1.165) is 0 Å². The maximum Gasteiger partial charge on any atom is 0.182 e. The predicted molar refractivity (Wildman–Crippen MR) is 66.3 cm³/mol. The highest BCUT2D eigenvalue weighted by atomic mass is 32.2. The molecule has 0 fully saturated rings. The molecule has 0 aliphatic carbocycles. The second kappa shape index (κ2) is 4.54. The molecule has 0 saturated carbocycles. The van der Waals surface area contributed by atoms with Crippen molar-refractivity contribution < 1.29 is 13.2 Å². The first-order valence-electron chi connectivity index (χ1n) is 5.45. The zero-order valence-electron chi connectivity index (χ0n) is 9.72. The summed E-state index contributed by atoms with van der Waals surface area (Å²) in [5.41, 5.74) is 6.19. The van der Waals surface area contributed by atoms with Crippen LogP contribution in [-0.4, -0.2) is 40.9 Å². The summed E-state index contributed by atoms with van der Waals surface area (Å²) in [6.07, 6.45) is 0. The Morgan fingerprint density at radius 3 is 2.88 bits per heavy atom. The molecule has 0 aromatic heterocycles. The maximum atomic E-state index is 12.0. The molecule has 94 valence electrons. The quantitative estimate of drug-likeness (QED) is 0.839. The third kappa shape index (κ3) is 2.10. The van der Waals surface area contributed by atoms with Crippen molar-refractivity contribution in [3.05, 3.63) is 18.2 Å². The monoisotopic (exact) mass is 256 g/mol. The number of hydrogen-bond acceptors (Lipinski definition) is 5. The molecule has 0 radical (unpaired) electrons. The second-order valence-corrected chi connectivity index (χ2v) is 5.98. The number of ether oxygens (including phenoxy) is 1. The van der Waals surface area contributed by atoms with Gasteiger partial charge in [0.25, 0.3) is 0 Å². The summed E-state index contributed by atoms with van der Waals surface area (Å²) in [6.45, 7) is 1.58. The van der Waals surface area contributed by atoms with Crippen molar-refractivity contribution >= 4 is 15.5 Å². The molecule has 0 amide bonds. The first-order valence-corrected chi connectivity index (χ1v) is 7.10. The molecule has 0 bridgehead atoms. The zero-order valence-corrected chi connectivity index (χ0v) is 10.5. The summed E-state index contributed by atoms with van der Waals surface area (Å²) >= 11 is 0. The summed E-state index contributed by atoms with van der Waals surface area (Å²) in [6, 6.07) is 5.08. The lowest BCUT2D eigenvalue weighted by Gasteiger charge is -2.31. The van der Waals surface area contributed by atoms with Crippen LogP contribution in [0.3, 0.4) is 0 Å². The average Bonchev–Trinajstić information content (AvgIpc) is 2.32. The Morgan fingerprint density at radius 1 is 1.47 bits per heavy atom. The van der Waals surface area contributed by atoms with Gasteiger partial charge in [0, 0.05) is 19.6 Å². The first kappa shape index (κ1) is 12.2. The van der Waals surface area contributed by atoms with Crippen LogP contribution in [-0.2, 0) is 9.84 Å². The van der Waals surface area contributed by atoms with Crippen LogP contribution in [0, 0.1) is 0 Å². The van der Waals surface area contributed by atoms with Crippen molar-refractivity contribution in [1.29, 1.82) is 0 Å². The van der Waals surface area contributed by atoms with Crippen LogP contribution in [0.5, 0.6) is 5.75 Å². The molecule has 1 aliphatic heterocycles. The molecule has 0 saturated heterocycles. The number of nitrogens with zero attached hydrogens (tertiary/aromatic N) is 1. The van der Waals surface area contributed by atoms with E-state index in [4.69, 9.17) is 10.5 Å². The largest absolute Gasteiger partial charge is 0.495 e. The number of rotatable bonds is 3. The number of methoxy groups -OCH3 is 1. The third-order valence-electron chi connectivity index (χ3n) is 2.86. The number of nitrogens with two attached hydrogens (primary N) is 1. The molecule has 0 atom stereocenters. The molecule has 0 spiro atoms. The highest BCUT2D eigenvalue weighted by Crippen LogP contribution is 2.38. The van der Waals surface area contributed by atoms with E-state index in [0.29, 0.717) is 36.0 Å². The SMILES string of the molecule is COc1cccc2c1N(CCN)CCS2(=O)=O. The molecular weight excluding hydrogens is 240 g/mol. The molecular formula is C11H16N2O3S. The van der Waals surface area contributed by atoms with Crippen molar-refractivity contribution in [2.75, 3.05) is 37.4 Å². The number of para-hydroxylation sites is 1. The van der Waals surface area contributed by atoms with Gasteiger partial charge in [0.1, 0.15) is 5.75 Å². The van der Waals surface area contributed by atoms with Gasteiger partial charge in [-0.15, -0.1) is 0 Å². The number of hydrogen-bond donors (Lipinski definition) is 1. The Morgan fingerprint density at radius 2 is 2.24 bits per heavy atom. The number of fused-ring (bicyclic) bond motifs is 1. The zero-order chi connectivity index (χ0) is 12.5. The molecule has 2 rings (SSSR count). The minimum absolute atomic E-state index is 0.132. The lowest BCUT2D eigenvalue weighted by Crippen LogP contribution is -2.38. The van der Waals surface area contributed by atoms with E-state index in [9.17, 15) is 8.42 Å². The highest BCUT2D eigenvalue weighted by molar-refractivity contribution is 7.91. The van der Waals surface area contributed by atoms with Gasteiger partial charge in [-0.2, -0.15) is 0 Å².